The summed E-state index contributed by atoms with van der Waals surface area (Å²) in [6, 6.07) is 7.92. The molecule has 5 heteroatoms. The third-order valence-corrected chi connectivity index (χ3v) is 5.25. The van der Waals surface area contributed by atoms with E-state index < -0.39 is 0 Å². The Hall–Kier alpha value is -1.08. The van der Waals surface area contributed by atoms with Crippen LogP contribution < -0.4 is 9.64 Å². The van der Waals surface area contributed by atoms with Gasteiger partial charge in [0.15, 0.2) is 0 Å². The second-order valence-corrected chi connectivity index (χ2v) is 7.47. The first kappa shape index (κ1) is 13.9. The number of thiophene rings is 1. The maximum atomic E-state index is 12.7. The van der Waals surface area contributed by atoms with Crippen molar-refractivity contribution in [1.82, 2.24) is 0 Å². The summed E-state index contributed by atoms with van der Waals surface area (Å²) < 4.78 is 6.57. The Labute approximate surface area is 135 Å². The molecule has 1 aromatic carbocycles. The highest BCUT2D eigenvalue weighted by atomic mass is 127. The van der Waals surface area contributed by atoms with Crippen molar-refractivity contribution in [1.29, 1.82) is 0 Å². The van der Waals surface area contributed by atoms with E-state index in [0.29, 0.717) is 0 Å². The van der Waals surface area contributed by atoms with Crippen LogP contribution in [-0.4, -0.2) is 19.6 Å². The number of hydrogen-bond acceptors (Lipinski definition) is 3. The van der Waals surface area contributed by atoms with Gasteiger partial charge in [-0.15, -0.1) is 11.3 Å². The molecule has 1 amide bonds. The van der Waals surface area contributed by atoms with Gasteiger partial charge in [-0.3, -0.25) is 4.79 Å². The van der Waals surface area contributed by atoms with Crippen molar-refractivity contribution < 1.29 is 9.53 Å². The van der Waals surface area contributed by atoms with Crippen LogP contribution in [0.3, 0.4) is 0 Å². The molecule has 0 unspecified atom stereocenters. The maximum Gasteiger partial charge on any atom is 0.259 e. The fourth-order valence-electron chi connectivity index (χ4n) is 2.56. The largest absolute Gasteiger partial charge is 0.495 e. The van der Waals surface area contributed by atoms with Gasteiger partial charge in [-0.05, 0) is 53.1 Å². The van der Waals surface area contributed by atoms with Crippen LogP contribution in [0.1, 0.15) is 22.3 Å². The SMILES string of the molecule is COc1cccc2c1N(C(=O)c1csc(I)c1)CCC2. The number of para-hydroxylation sites is 1. The molecule has 0 fully saturated rings. The van der Waals surface area contributed by atoms with Crippen molar-refractivity contribution in [3.05, 3.63) is 43.7 Å². The van der Waals surface area contributed by atoms with Crippen molar-refractivity contribution in [3.8, 4) is 5.75 Å². The third kappa shape index (κ3) is 2.44. The van der Waals surface area contributed by atoms with Gasteiger partial charge in [-0.1, -0.05) is 12.1 Å². The topological polar surface area (TPSA) is 29.5 Å². The number of fused-ring (bicyclic) bond motifs is 1. The third-order valence-electron chi connectivity index (χ3n) is 3.46. The number of hydrogen-bond donors (Lipinski definition) is 0. The van der Waals surface area contributed by atoms with E-state index in [-0.39, 0.29) is 5.91 Å². The van der Waals surface area contributed by atoms with Crippen molar-refractivity contribution >= 4 is 45.5 Å². The predicted molar refractivity (Wildman–Crippen MR) is 90.0 cm³/mol. The number of carbonyl (C=O) groups is 1. The molecule has 20 heavy (non-hydrogen) atoms. The average molecular weight is 399 g/mol. The molecule has 2 aromatic rings. The lowest BCUT2D eigenvalue weighted by atomic mass is 10.0. The highest BCUT2D eigenvalue weighted by Crippen LogP contribution is 2.37. The summed E-state index contributed by atoms with van der Waals surface area (Å²) in [5.41, 5.74) is 2.89. The van der Waals surface area contributed by atoms with Gasteiger partial charge >= 0.3 is 0 Å². The number of amides is 1. The van der Waals surface area contributed by atoms with E-state index >= 15 is 0 Å². The van der Waals surface area contributed by atoms with Gasteiger partial charge in [-0.2, -0.15) is 0 Å². The van der Waals surface area contributed by atoms with Gasteiger partial charge < -0.3 is 9.64 Å². The molecule has 3 nitrogen and oxygen atoms in total. The van der Waals surface area contributed by atoms with E-state index in [1.54, 1.807) is 18.4 Å². The lowest BCUT2D eigenvalue weighted by Crippen LogP contribution is -2.35. The number of halogens is 1. The van der Waals surface area contributed by atoms with Crippen LogP contribution in [0.5, 0.6) is 5.75 Å². The number of benzene rings is 1. The molecule has 0 N–H and O–H groups in total. The summed E-state index contributed by atoms with van der Waals surface area (Å²) >= 11 is 3.84. The maximum absolute atomic E-state index is 12.7. The van der Waals surface area contributed by atoms with E-state index in [4.69, 9.17) is 4.74 Å². The van der Waals surface area contributed by atoms with Gasteiger partial charge in [0, 0.05) is 11.9 Å². The van der Waals surface area contributed by atoms with Crippen molar-refractivity contribution in [3.63, 3.8) is 0 Å². The predicted octanol–water partition coefficient (Wildman–Crippen LogP) is 3.95. The van der Waals surface area contributed by atoms with Crippen LogP contribution in [0.4, 0.5) is 5.69 Å². The van der Waals surface area contributed by atoms with Gasteiger partial charge in [0.1, 0.15) is 5.75 Å². The fourth-order valence-corrected chi connectivity index (χ4v) is 3.88. The van der Waals surface area contributed by atoms with Crippen LogP contribution >= 0.6 is 33.9 Å². The first-order chi connectivity index (χ1) is 9.70. The summed E-state index contributed by atoms with van der Waals surface area (Å²) in [5, 5.41) is 1.92. The van der Waals surface area contributed by atoms with Gasteiger partial charge in [0.25, 0.3) is 5.91 Å². The Kier molecular flexibility index (Phi) is 3.98. The zero-order valence-electron chi connectivity index (χ0n) is 11.1. The summed E-state index contributed by atoms with van der Waals surface area (Å²) in [5.74, 6) is 0.843. The molecule has 0 atom stereocenters. The number of methoxy groups -OCH3 is 1. The Balaban J connectivity index is 2.03. The van der Waals surface area contributed by atoms with Crippen LogP contribution in [0.25, 0.3) is 0 Å². The number of anilines is 1. The van der Waals surface area contributed by atoms with Crippen molar-refractivity contribution in [2.75, 3.05) is 18.6 Å². The first-order valence-electron chi connectivity index (χ1n) is 6.42. The van der Waals surface area contributed by atoms with Crippen LogP contribution in [0.2, 0.25) is 0 Å². The van der Waals surface area contributed by atoms with Crippen LogP contribution in [-0.2, 0) is 6.42 Å². The smallest absolute Gasteiger partial charge is 0.259 e. The zero-order valence-corrected chi connectivity index (χ0v) is 14.0. The monoisotopic (exact) mass is 399 g/mol. The summed E-state index contributed by atoms with van der Waals surface area (Å²) in [6.07, 6.45) is 1.99. The Morgan fingerprint density at radius 2 is 2.30 bits per heavy atom. The quantitative estimate of drug-likeness (QED) is 0.716. The number of rotatable bonds is 2. The molecule has 104 valence electrons. The van der Waals surface area contributed by atoms with Gasteiger partial charge in [-0.25, -0.2) is 0 Å². The Bertz CT molecular complexity index is 639. The van der Waals surface area contributed by atoms with E-state index in [2.05, 4.69) is 28.7 Å². The Morgan fingerprint density at radius 1 is 1.45 bits per heavy atom. The lowest BCUT2D eigenvalue weighted by molar-refractivity contribution is 0.0985. The lowest BCUT2D eigenvalue weighted by Gasteiger charge is -2.30. The standard InChI is InChI=1S/C15H14INO2S/c1-19-12-6-2-4-10-5-3-7-17(14(10)12)15(18)11-8-13(16)20-9-11/h2,4,6,8-9H,3,5,7H2,1H3. The van der Waals surface area contributed by atoms with E-state index in [0.717, 1.165) is 39.3 Å². The van der Waals surface area contributed by atoms with Gasteiger partial charge in [0.05, 0.1) is 21.2 Å². The average Bonchev–Trinajstić information content (AvgIpc) is 2.91. The van der Waals surface area contributed by atoms with Crippen LogP contribution in [0, 0.1) is 2.88 Å². The van der Waals surface area contributed by atoms with Crippen molar-refractivity contribution in [2.45, 2.75) is 12.8 Å². The highest BCUT2D eigenvalue weighted by Gasteiger charge is 2.27. The molecule has 0 aliphatic carbocycles. The summed E-state index contributed by atoms with van der Waals surface area (Å²) in [6.45, 7) is 0.749. The summed E-state index contributed by atoms with van der Waals surface area (Å²) in [4.78, 5) is 14.6. The normalized spacial score (nSPS) is 14.0. The molecule has 0 radical (unpaired) electrons. The van der Waals surface area contributed by atoms with Gasteiger partial charge in [0.2, 0.25) is 0 Å². The molecule has 0 saturated heterocycles. The molecule has 0 bridgehead atoms. The number of nitrogens with zero attached hydrogens (tertiary/aromatic N) is 1. The first-order valence-corrected chi connectivity index (χ1v) is 8.38. The second-order valence-electron chi connectivity index (χ2n) is 4.67. The minimum atomic E-state index is 0.0645. The number of aryl methyl sites for hydroxylation is 1. The second kappa shape index (κ2) is 5.73. The summed E-state index contributed by atoms with van der Waals surface area (Å²) in [7, 11) is 1.65. The van der Waals surface area contributed by atoms with E-state index in [1.165, 1.54) is 5.56 Å². The minimum absolute atomic E-state index is 0.0645. The highest BCUT2D eigenvalue weighted by molar-refractivity contribution is 14.1. The zero-order chi connectivity index (χ0) is 14.1. The Morgan fingerprint density at radius 3 is 3.00 bits per heavy atom. The molecule has 2 heterocycles. The number of carbonyl (C=O) groups excluding carboxylic acids is 1. The van der Waals surface area contributed by atoms with E-state index in [1.807, 2.05) is 28.5 Å². The molecule has 1 aliphatic heterocycles. The molecule has 3 rings (SSSR count). The van der Waals surface area contributed by atoms with Crippen molar-refractivity contribution in [2.24, 2.45) is 0 Å². The molecule has 0 saturated carbocycles. The number of ether oxygens (including phenoxy) is 1. The molecular formula is C15H14INO2S. The molecule has 1 aromatic heterocycles. The molecule has 0 spiro atoms. The molecular weight excluding hydrogens is 385 g/mol. The molecule has 1 aliphatic rings. The van der Waals surface area contributed by atoms with Crippen LogP contribution in [0.15, 0.2) is 29.6 Å². The minimum Gasteiger partial charge on any atom is -0.495 e. The van der Waals surface area contributed by atoms with E-state index in [9.17, 15) is 4.79 Å². The fraction of sp³-hybridized carbons (Fsp3) is 0.267.